The van der Waals surface area contributed by atoms with Crippen molar-refractivity contribution in [2.24, 2.45) is 17.8 Å². The third kappa shape index (κ3) is 6.99. The standard InChI is InChI=1S/C33H44F2O/c1-3-7-24-10-12-25(13-11-24)8-5-6-9-26-14-16-27(17-15-26)28-18-20-29(21-19-28)30-22-23-31(36-4-2)33(35)32(30)34/h6,9-13,22-23,26-29H,3-5,7-8,14-21H2,1-2H3/b9-6+/t26-,27-,28-,29-. The number of hydrogen-bond acceptors (Lipinski definition) is 1. The Kier molecular flexibility index (Phi) is 10.0. The van der Waals surface area contributed by atoms with Crippen LogP contribution in [0.3, 0.4) is 0 Å². The van der Waals surface area contributed by atoms with Crippen LogP contribution in [0.25, 0.3) is 0 Å². The molecule has 2 aromatic rings. The van der Waals surface area contributed by atoms with Gasteiger partial charge < -0.3 is 4.74 Å². The van der Waals surface area contributed by atoms with E-state index in [-0.39, 0.29) is 11.7 Å². The van der Waals surface area contributed by atoms with Crippen LogP contribution in [0.5, 0.6) is 5.75 Å². The molecule has 196 valence electrons. The van der Waals surface area contributed by atoms with Crippen LogP contribution in [0.2, 0.25) is 0 Å². The third-order valence-corrected chi connectivity index (χ3v) is 8.64. The van der Waals surface area contributed by atoms with Crippen LogP contribution >= 0.6 is 0 Å². The molecule has 3 heteroatoms. The van der Waals surface area contributed by atoms with Crippen molar-refractivity contribution in [2.45, 2.75) is 96.8 Å². The highest BCUT2D eigenvalue weighted by atomic mass is 19.2. The number of allylic oxidation sites excluding steroid dienone is 2. The Morgan fingerprint density at radius 1 is 0.750 bits per heavy atom. The monoisotopic (exact) mass is 494 g/mol. The number of benzene rings is 2. The van der Waals surface area contributed by atoms with E-state index in [0.29, 0.717) is 12.2 Å². The molecule has 0 amide bonds. The highest BCUT2D eigenvalue weighted by Crippen LogP contribution is 2.45. The summed E-state index contributed by atoms with van der Waals surface area (Å²) in [5, 5.41) is 0. The van der Waals surface area contributed by atoms with Crippen molar-refractivity contribution in [1.82, 2.24) is 0 Å². The van der Waals surface area contributed by atoms with Gasteiger partial charge in [-0.2, -0.15) is 4.39 Å². The Bertz CT molecular complexity index is 964. The second-order valence-corrected chi connectivity index (χ2v) is 11.0. The molecule has 36 heavy (non-hydrogen) atoms. The Balaban J connectivity index is 1.18. The van der Waals surface area contributed by atoms with Crippen molar-refractivity contribution in [3.63, 3.8) is 0 Å². The zero-order valence-electron chi connectivity index (χ0n) is 22.3. The van der Waals surface area contributed by atoms with Gasteiger partial charge in [-0.15, -0.1) is 0 Å². The minimum Gasteiger partial charge on any atom is -0.491 e. The molecule has 0 bridgehead atoms. The molecule has 0 heterocycles. The summed E-state index contributed by atoms with van der Waals surface area (Å²) in [7, 11) is 0. The summed E-state index contributed by atoms with van der Waals surface area (Å²) < 4.78 is 34.2. The molecule has 2 aliphatic rings. The average Bonchev–Trinajstić information content (AvgIpc) is 2.91. The van der Waals surface area contributed by atoms with Crippen LogP contribution in [0.15, 0.2) is 48.6 Å². The molecule has 0 unspecified atom stereocenters. The molecule has 0 aromatic heterocycles. The van der Waals surface area contributed by atoms with E-state index in [2.05, 4.69) is 43.3 Å². The molecule has 0 spiro atoms. The van der Waals surface area contributed by atoms with E-state index in [1.165, 1.54) is 49.7 Å². The van der Waals surface area contributed by atoms with E-state index in [1.54, 1.807) is 19.1 Å². The largest absolute Gasteiger partial charge is 0.491 e. The lowest BCUT2D eigenvalue weighted by molar-refractivity contribution is 0.170. The Morgan fingerprint density at radius 3 is 1.97 bits per heavy atom. The van der Waals surface area contributed by atoms with Gasteiger partial charge in [0, 0.05) is 0 Å². The summed E-state index contributed by atoms with van der Waals surface area (Å²) in [4.78, 5) is 0. The normalized spacial score (nSPS) is 24.8. The first-order valence-corrected chi connectivity index (χ1v) is 14.4. The maximum absolute atomic E-state index is 14.7. The zero-order valence-corrected chi connectivity index (χ0v) is 22.3. The Labute approximate surface area is 217 Å². The maximum atomic E-state index is 14.7. The molecule has 0 saturated heterocycles. The fourth-order valence-electron chi connectivity index (χ4n) is 6.54. The summed E-state index contributed by atoms with van der Waals surface area (Å²) in [6.45, 7) is 4.35. The summed E-state index contributed by atoms with van der Waals surface area (Å²) in [5.41, 5.74) is 3.42. The van der Waals surface area contributed by atoms with Gasteiger partial charge in [0.1, 0.15) is 0 Å². The Morgan fingerprint density at radius 2 is 1.36 bits per heavy atom. The number of ether oxygens (including phenoxy) is 1. The predicted octanol–water partition coefficient (Wildman–Crippen LogP) is 9.59. The first-order chi connectivity index (χ1) is 17.6. The lowest BCUT2D eigenvalue weighted by Crippen LogP contribution is -2.25. The second-order valence-electron chi connectivity index (χ2n) is 11.0. The smallest absolute Gasteiger partial charge is 0.200 e. The first-order valence-electron chi connectivity index (χ1n) is 14.4. The number of halogens is 2. The fraction of sp³-hybridized carbons (Fsp3) is 0.576. The van der Waals surface area contributed by atoms with Crippen LogP contribution in [-0.2, 0) is 12.8 Å². The van der Waals surface area contributed by atoms with E-state index in [1.807, 2.05) is 0 Å². The summed E-state index contributed by atoms with van der Waals surface area (Å²) >= 11 is 0. The molecule has 0 aliphatic heterocycles. The van der Waals surface area contributed by atoms with Gasteiger partial charge in [-0.3, -0.25) is 0 Å². The van der Waals surface area contributed by atoms with Crippen LogP contribution in [0.4, 0.5) is 8.78 Å². The Hall–Kier alpha value is -2.16. The molecule has 0 atom stereocenters. The van der Waals surface area contributed by atoms with Gasteiger partial charge in [0.15, 0.2) is 11.6 Å². The van der Waals surface area contributed by atoms with Crippen molar-refractivity contribution < 1.29 is 13.5 Å². The molecule has 2 saturated carbocycles. The average molecular weight is 495 g/mol. The molecular formula is C33H44F2O. The number of hydrogen-bond donors (Lipinski definition) is 0. The van der Waals surface area contributed by atoms with Gasteiger partial charge in [-0.05, 0) is 124 Å². The first kappa shape index (κ1) is 26.9. The molecule has 0 N–H and O–H groups in total. The van der Waals surface area contributed by atoms with Crippen molar-refractivity contribution in [2.75, 3.05) is 6.61 Å². The fourth-order valence-corrected chi connectivity index (χ4v) is 6.54. The van der Waals surface area contributed by atoms with E-state index in [9.17, 15) is 8.78 Å². The van der Waals surface area contributed by atoms with Gasteiger partial charge in [-0.25, -0.2) is 4.39 Å². The van der Waals surface area contributed by atoms with E-state index in [4.69, 9.17) is 4.74 Å². The number of rotatable bonds is 10. The van der Waals surface area contributed by atoms with Crippen molar-refractivity contribution in [3.8, 4) is 5.75 Å². The molecular weight excluding hydrogens is 450 g/mol. The minimum absolute atomic E-state index is 0.0271. The summed E-state index contributed by atoms with van der Waals surface area (Å²) in [5.74, 6) is 0.910. The second kappa shape index (κ2) is 13.4. The quantitative estimate of drug-likeness (QED) is 0.299. The van der Waals surface area contributed by atoms with E-state index >= 15 is 0 Å². The van der Waals surface area contributed by atoms with Crippen LogP contribution in [-0.4, -0.2) is 6.61 Å². The minimum atomic E-state index is -0.826. The molecule has 4 rings (SSSR count). The van der Waals surface area contributed by atoms with Crippen molar-refractivity contribution >= 4 is 0 Å². The molecule has 2 fully saturated rings. The van der Waals surface area contributed by atoms with Crippen LogP contribution < -0.4 is 4.74 Å². The zero-order chi connectivity index (χ0) is 25.3. The summed E-state index contributed by atoms with van der Waals surface area (Å²) in [6, 6.07) is 12.5. The topological polar surface area (TPSA) is 9.23 Å². The highest BCUT2D eigenvalue weighted by molar-refractivity contribution is 5.33. The molecule has 2 aromatic carbocycles. The lowest BCUT2D eigenvalue weighted by atomic mass is 9.68. The molecule has 1 nitrogen and oxygen atoms in total. The maximum Gasteiger partial charge on any atom is 0.200 e. The predicted molar refractivity (Wildman–Crippen MR) is 146 cm³/mol. The highest BCUT2D eigenvalue weighted by Gasteiger charge is 2.32. The van der Waals surface area contributed by atoms with Gasteiger partial charge in [0.2, 0.25) is 5.82 Å². The third-order valence-electron chi connectivity index (χ3n) is 8.64. The van der Waals surface area contributed by atoms with Gasteiger partial charge in [0.25, 0.3) is 0 Å². The van der Waals surface area contributed by atoms with Gasteiger partial charge >= 0.3 is 0 Å². The van der Waals surface area contributed by atoms with Crippen LogP contribution in [0.1, 0.15) is 101 Å². The molecule has 2 aliphatic carbocycles. The molecule has 0 radical (unpaired) electrons. The summed E-state index contributed by atoms with van der Waals surface area (Å²) in [6.07, 6.45) is 18.9. The lowest BCUT2D eigenvalue weighted by Gasteiger charge is -2.37. The van der Waals surface area contributed by atoms with Crippen molar-refractivity contribution in [3.05, 3.63) is 76.9 Å². The van der Waals surface area contributed by atoms with Crippen LogP contribution in [0, 0.1) is 29.4 Å². The van der Waals surface area contributed by atoms with E-state index < -0.39 is 11.6 Å². The SMILES string of the molecule is CCCc1ccc(CC/C=C/[C@H]2CC[C@H]([C@H]3CC[C@H](c4ccc(OCC)c(F)c4F)CC3)CC2)cc1. The van der Waals surface area contributed by atoms with Gasteiger partial charge in [-0.1, -0.05) is 55.8 Å². The van der Waals surface area contributed by atoms with E-state index in [0.717, 1.165) is 56.3 Å². The van der Waals surface area contributed by atoms with Crippen molar-refractivity contribution in [1.29, 1.82) is 0 Å². The van der Waals surface area contributed by atoms with Gasteiger partial charge in [0.05, 0.1) is 6.61 Å². The number of aryl methyl sites for hydroxylation is 2.